The monoisotopic (exact) mass is 261 g/mol. The third kappa shape index (κ3) is 2.98. The molecule has 1 aromatic carbocycles. The predicted octanol–water partition coefficient (Wildman–Crippen LogP) is 0.530. The second-order valence-corrected chi connectivity index (χ2v) is 5.54. The minimum atomic E-state index is 0.414. The van der Waals surface area contributed by atoms with E-state index in [1.807, 2.05) is 0 Å². The SMILES string of the molecule is NCC1COCC2CN(Cc3ccccc3)CCN12. The average molecular weight is 261 g/mol. The first-order valence-corrected chi connectivity index (χ1v) is 7.16. The average Bonchev–Trinajstić information content (AvgIpc) is 2.47. The van der Waals surface area contributed by atoms with Crippen molar-refractivity contribution < 1.29 is 4.74 Å². The van der Waals surface area contributed by atoms with Crippen molar-refractivity contribution in [2.75, 3.05) is 39.4 Å². The van der Waals surface area contributed by atoms with E-state index in [9.17, 15) is 0 Å². The van der Waals surface area contributed by atoms with Crippen LogP contribution >= 0.6 is 0 Å². The van der Waals surface area contributed by atoms with Crippen LogP contribution < -0.4 is 5.73 Å². The Hall–Kier alpha value is -0.940. The topological polar surface area (TPSA) is 41.7 Å². The largest absolute Gasteiger partial charge is 0.378 e. The number of morpholine rings is 1. The molecule has 4 heteroatoms. The molecule has 2 N–H and O–H groups in total. The summed E-state index contributed by atoms with van der Waals surface area (Å²) in [5.74, 6) is 0. The van der Waals surface area contributed by atoms with E-state index in [4.69, 9.17) is 10.5 Å². The van der Waals surface area contributed by atoms with Crippen LogP contribution in [0.2, 0.25) is 0 Å². The minimum absolute atomic E-state index is 0.414. The van der Waals surface area contributed by atoms with E-state index >= 15 is 0 Å². The summed E-state index contributed by atoms with van der Waals surface area (Å²) >= 11 is 0. The van der Waals surface area contributed by atoms with Gasteiger partial charge in [0.1, 0.15) is 0 Å². The number of hydrogen-bond acceptors (Lipinski definition) is 4. The van der Waals surface area contributed by atoms with Crippen LogP contribution in [0.1, 0.15) is 5.56 Å². The van der Waals surface area contributed by atoms with Crippen LogP contribution in [-0.4, -0.2) is 61.3 Å². The van der Waals surface area contributed by atoms with Gasteiger partial charge < -0.3 is 10.5 Å². The van der Waals surface area contributed by atoms with Gasteiger partial charge in [-0.1, -0.05) is 30.3 Å². The van der Waals surface area contributed by atoms with E-state index in [0.717, 1.165) is 39.4 Å². The van der Waals surface area contributed by atoms with Crippen molar-refractivity contribution in [3.8, 4) is 0 Å². The van der Waals surface area contributed by atoms with Crippen molar-refractivity contribution in [3.63, 3.8) is 0 Å². The number of fused-ring (bicyclic) bond motifs is 1. The highest BCUT2D eigenvalue weighted by atomic mass is 16.5. The van der Waals surface area contributed by atoms with E-state index in [-0.39, 0.29) is 0 Å². The zero-order chi connectivity index (χ0) is 13.1. The van der Waals surface area contributed by atoms with Crippen LogP contribution in [0.25, 0.3) is 0 Å². The van der Waals surface area contributed by atoms with Gasteiger partial charge in [-0.25, -0.2) is 0 Å². The van der Waals surface area contributed by atoms with Gasteiger partial charge >= 0.3 is 0 Å². The van der Waals surface area contributed by atoms with E-state index < -0.39 is 0 Å². The Morgan fingerprint density at radius 1 is 1.16 bits per heavy atom. The molecule has 0 amide bonds. The number of piperazine rings is 1. The normalized spacial score (nSPS) is 29.1. The van der Waals surface area contributed by atoms with Gasteiger partial charge in [0.05, 0.1) is 13.2 Å². The molecular formula is C15H23N3O. The fourth-order valence-electron chi connectivity index (χ4n) is 3.19. The molecule has 0 radical (unpaired) electrons. The van der Waals surface area contributed by atoms with Crippen LogP contribution in [0.3, 0.4) is 0 Å². The van der Waals surface area contributed by atoms with Crippen molar-refractivity contribution in [1.82, 2.24) is 9.80 Å². The third-order valence-electron chi connectivity index (χ3n) is 4.22. The van der Waals surface area contributed by atoms with Crippen molar-refractivity contribution in [3.05, 3.63) is 35.9 Å². The molecule has 2 fully saturated rings. The molecule has 3 rings (SSSR count). The molecule has 2 saturated heterocycles. The lowest BCUT2D eigenvalue weighted by molar-refractivity contribution is -0.0791. The Labute approximate surface area is 115 Å². The Morgan fingerprint density at radius 3 is 2.79 bits per heavy atom. The van der Waals surface area contributed by atoms with Gasteiger partial charge in [0.15, 0.2) is 0 Å². The number of nitrogens with zero attached hydrogens (tertiary/aromatic N) is 2. The molecule has 2 aliphatic heterocycles. The summed E-state index contributed by atoms with van der Waals surface area (Å²) in [7, 11) is 0. The number of hydrogen-bond donors (Lipinski definition) is 1. The predicted molar refractivity (Wildman–Crippen MR) is 75.9 cm³/mol. The maximum Gasteiger partial charge on any atom is 0.0635 e. The molecule has 2 unspecified atom stereocenters. The smallest absolute Gasteiger partial charge is 0.0635 e. The zero-order valence-corrected chi connectivity index (χ0v) is 11.4. The molecular weight excluding hydrogens is 238 g/mol. The molecule has 0 aliphatic carbocycles. The van der Waals surface area contributed by atoms with Crippen molar-refractivity contribution in [2.24, 2.45) is 5.73 Å². The van der Waals surface area contributed by atoms with Gasteiger partial charge in [-0.15, -0.1) is 0 Å². The van der Waals surface area contributed by atoms with E-state index in [1.165, 1.54) is 5.56 Å². The molecule has 2 aliphatic rings. The summed E-state index contributed by atoms with van der Waals surface area (Å²) in [4.78, 5) is 5.07. The fourth-order valence-corrected chi connectivity index (χ4v) is 3.19. The summed E-state index contributed by atoms with van der Waals surface area (Å²) in [6.45, 7) is 6.72. The molecule has 1 aromatic rings. The number of rotatable bonds is 3. The second kappa shape index (κ2) is 6.01. The lowest BCUT2D eigenvalue weighted by Gasteiger charge is -2.47. The highest BCUT2D eigenvalue weighted by Crippen LogP contribution is 2.19. The van der Waals surface area contributed by atoms with E-state index in [0.29, 0.717) is 18.6 Å². The van der Waals surface area contributed by atoms with Gasteiger partial charge in [0, 0.05) is 44.8 Å². The highest BCUT2D eigenvalue weighted by Gasteiger charge is 2.34. The summed E-state index contributed by atoms with van der Waals surface area (Å²) in [5.41, 5.74) is 7.22. The highest BCUT2D eigenvalue weighted by molar-refractivity contribution is 5.14. The fraction of sp³-hybridized carbons (Fsp3) is 0.600. The maximum atomic E-state index is 5.83. The van der Waals surface area contributed by atoms with Crippen LogP contribution in [0.4, 0.5) is 0 Å². The Balaban J connectivity index is 1.60. The number of benzene rings is 1. The third-order valence-corrected chi connectivity index (χ3v) is 4.22. The van der Waals surface area contributed by atoms with Crippen molar-refractivity contribution in [1.29, 1.82) is 0 Å². The molecule has 0 saturated carbocycles. The Morgan fingerprint density at radius 2 is 2.00 bits per heavy atom. The molecule has 2 heterocycles. The molecule has 0 spiro atoms. The van der Waals surface area contributed by atoms with Gasteiger partial charge in [-0.05, 0) is 5.56 Å². The summed E-state index contributed by atoms with van der Waals surface area (Å²) in [5, 5.41) is 0. The van der Waals surface area contributed by atoms with Crippen LogP contribution in [0, 0.1) is 0 Å². The lowest BCUT2D eigenvalue weighted by Crippen LogP contribution is -2.63. The van der Waals surface area contributed by atoms with Crippen molar-refractivity contribution >= 4 is 0 Å². The molecule has 19 heavy (non-hydrogen) atoms. The number of ether oxygens (including phenoxy) is 1. The van der Waals surface area contributed by atoms with Gasteiger partial charge in [-0.3, -0.25) is 9.80 Å². The van der Waals surface area contributed by atoms with Gasteiger partial charge in [-0.2, -0.15) is 0 Å². The molecule has 0 aromatic heterocycles. The summed E-state index contributed by atoms with van der Waals surface area (Å²) in [6, 6.07) is 11.6. The minimum Gasteiger partial charge on any atom is -0.378 e. The molecule has 0 bridgehead atoms. The standard InChI is InChI=1S/C15H23N3O/c16-8-14-11-19-12-15-10-17(6-7-18(14)15)9-13-4-2-1-3-5-13/h1-5,14-15H,6-12,16H2. The van der Waals surface area contributed by atoms with Gasteiger partial charge in [0.2, 0.25) is 0 Å². The zero-order valence-electron chi connectivity index (χ0n) is 11.4. The Bertz CT molecular complexity index is 398. The molecule has 4 nitrogen and oxygen atoms in total. The first-order chi connectivity index (χ1) is 9.36. The summed E-state index contributed by atoms with van der Waals surface area (Å²) < 4.78 is 5.69. The molecule has 2 atom stereocenters. The van der Waals surface area contributed by atoms with E-state index in [1.54, 1.807) is 0 Å². The van der Waals surface area contributed by atoms with Crippen LogP contribution in [0.15, 0.2) is 30.3 Å². The molecule has 104 valence electrons. The Kier molecular flexibility index (Phi) is 4.13. The second-order valence-electron chi connectivity index (χ2n) is 5.54. The van der Waals surface area contributed by atoms with E-state index in [2.05, 4.69) is 40.1 Å². The van der Waals surface area contributed by atoms with Gasteiger partial charge in [0.25, 0.3) is 0 Å². The maximum absolute atomic E-state index is 5.83. The quantitative estimate of drug-likeness (QED) is 0.862. The first kappa shape index (κ1) is 13.1. The number of nitrogens with two attached hydrogens (primary N) is 1. The lowest BCUT2D eigenvalue weighted by atomic mass is 10.1. The van der Waals surface area contributed by atoms with Crippen molar-refractivity contribution in [2.45, 2.75) is 18.6 Å². The summed E-state index contributed by atoms with van der Waals surface area (Å²) in [6.07, 6.45) is 0. The first-order valence-electron chi connectivity index (χ1n) is 7.16. The van der Waals surface area contributed by atoms with Crippen LogP contribution in [0.5, 0.6) is 0 Å². The van der Waals surface area contributed by atoms with Crippen LogP contribution in [-0.2, 0) is 11.3 Å².